The minimum atomic E-state index is -4.50. The lowest BCUT2D eigenvalue weighted by molar-refractivity contribution is -0.137. The van der Waals surface area contributed by atoms with E-state index in [9.17, 15) is 23.1 Å². The number of halogens is 3. The van der Waals surface area contributed by atoms with E-state index in [0.717, 1.165) is 28.8 Å². The lowest BCUT2D eigenvalue weighted by atomic mass is 9.98. The molecule has 8 heteroatoms. The van der Waals surface area contributed by atoms with Crippen LogP contribution in [0, 0.1) is 20.8 Å². The molecule has 0 radical (unpaired) electrons. The fourth-order valence-electron chi connectivity index (χ4n) is 4.67. The van der Waals surface area contributed by atoms with Crippen LogP contribution in [0.3, 0.4) is 0 Å². The number of aromatic hydroxyl groups is 1. The van der Waals surface area contributed by atoms with Crippen LogP contribution in [0.2, 0.25) is 0 Å². The summed E-state index contributed by atoms with van der Waals surface area (Å²) in [7, 11) is 0. The number of hydrogen-bond acceptors (Lipinski definition) is 3. The Morgan fingerprint density at radius 2 is 1.64 bits per heavy atom. The molecule has 0 bridgehead atoms. The highest BCUT2D eigenvalue weighted by molar-refractivity contribution is 5.97. The SMILES string of the molecule is CCCN(Cc1nc2cc(C(F)(F)F)ccc2n1-c1ccc(O)cc1)C(=O)c1c(C)cc(C)cc1C. The second-order valence-electron chi connectivity index (χ2n) is 9.08. The molecule has 0 aliphatic rings. The Bertz CT molecular complexity index is 1400. The molecule has 1 aromatic heterocycles. The van der Waals surface area contributed by atoms with Gasteiger partial charge < -0.3 is 10.0 Å². The predicted molar refractivity (Wildman–Crippen MR) is 133 cm³/mol. The van der Waals surface area contributed by atoms with Gasteiger partial charge in [0.2, 0.25) is 0 Å². The van der Waals surface area contributed by atoms with Gasteiger partial charge >= 0.3 is 6.18 Å². The van der Waals surface area contributed by atoms with E-state index in [-0.39, 0.29) is 23.7 Å². The Labute approximate surface area is 207 Å². The monoisotopic (exact) mass is 495 g/mol. The van der Waals surface area contributed by atoms with Crippen molar-refractivity contribution in [1.82, 2.24) is 14.5 Å². The van der Waals surface area contributed by atoms with Gasteiger partial charge in [0.1, 0.15) is 11.6 Å². The zero-order valence-corrected chi connectivity index (χ0v) is 20.6. The number of benzene rings is 3. The molecule has 0 atom stereocenters. The molecular formula is C28H28F3N3O2. The highest BCUT2D eigenvalue weighted by Gasteiger charge is 2.31. The summed E-state index contributed by atoms with van der Waals surface area (Å²) in [6.45, 7) is 8.32. The van der Waals surface area contributed by atoms with Crippen molar-refractivity contribution in [2.45, 2.75) is 46.8 Å². The van der Waals surface area contributed by atoms with Crippen molar-refractivity contribution in [3.8, 4) is 11.4 Å². The van der Waals surface area contributed by atoms with E-state index in [1.165, 1.54) is 18.2 Å². The van der Waals surface area contributed by atoms with E-state index in [0.29, 0.717) is 35.6 Å². The number of nitrogens with zero attached hydrogens (tertiary/aromatic N) is 3. The second kappa shape index (κ2) is 9.68. The topological polar surface area (TPSA) is 58.4 Å². The van der Waals surface area contributed by atoms with E-state index in [4.69, 9.17) is 0 Å². The lowest BCUT2D eigenvalue weighted by Crippen LogP contribution is -2.33. The summed E-state index contributed by atoms with van der Waals surface area (Å²) in [5.74, 6) is 0.351. The van der Waals surface area contributed by atoms with Gasteiger partial charge in [-0.15, -0.1) is 0 Å². The summed E-state index contributed by atoms with van der Waals surface area (Å²) in [4.78, 5) is 19.9. The number of amides is 1. The summed E-state index contributed by atoms with van der Waals surface area (Å²) in [6, 6.07) is 13.7. The standard InChI is InChI=1S/C28H28F3N3O2/c1-5-12-33(27(36)26-18(3)13-17(2)14-19(26)4)16-25-32-23-15-20(28(29,30)31)6-11-24(23)34(25)21-7-9-22(35)10-8-21/h6-11,13-15,35H,5,12,16H2,1-4H3. The molecule has 0 aliphatic heterocycles. The van der Waals surface area contributed by atoms with Crippen molar-refractivity contribution < 1.29 is 23.1 Å². The van der Waals surface area contributed by atoms with Gasteiger partial charge in [-0.1, -0.05) is 24.6 Å². The number of alkyl halides is 3. The van der Waals surface area contributed by atoms with Gasteiger partial charge in [0.25, 0.3) is 5.91 Å². The fraction of sp³-hybridized carbons (Fsp3) is 0.286. The van der Waals surface area contributed by atoms with Gasteiger partial charge in [-0.3, -0.25) is 9.36 Å². The molecular weight excluding hydrogens is 467 g/mol. The molecule has 188 valence electrons. The number of fused-ring (bicyclic) bond motifs is 1. The van der Waals surface area contributed by atoms with Gasteiger partial charge in [0, 0.05) is 17.8 Å². The average Bonchev–Trinajstić information content (AvgIpc) is 3.15. The number of imidazole rings is 1. The van der Waals surface area contributed by atoms with Crippen LogP contribution in [0.15, 0.2) is 54.6 Å². The first-order valence-electron chi connectivity index (χ1n) is 11.7. The Morgan fingerprint density at radius 3 is 2.22 bits per heavy atom. The summed E-state index contributed by atoms with van der Waals surface area (Å²) in [5, 5.41) is 9.75. The molecule has 1 amide bonds. The largest absolute Gasteiger partial charge is 0.508 e. The van der Waals surface area contributed by atoms with Crippen LogP contribution >= 0.6 is 0 Å². The normalized spacial score (nSPS) is 11.8. The van der Waals surface area contributed by atoms with Crippen molar-refractivity contribution in [2.75, 3.05) is 6.54 Å². The van der Waals surface area contributed by atoms with E-state index in [1.54, 1.807) is 21.6 Å². The molecule has 1 heterocycles. The maximum atomic E-state index is 13.7. The zero-order valence-electron chi connectivity index (χ0n) is 20.6. The second-order valence-corrected chi connectivity index (χ2v) is 9.08. The van der Waals surface area contributed by atoms with E-state index in [2.05, 4.69) is 4.98 Å². The van der Waals surface area contributed by atoms with Crippen molar-refractivity contribution in [2.24, 2.45) is 0 Å². The third-order valence-electron chi connectivity index (χ3n) is 6.16. The molecule has 4 aromatic rings. The number of phenols is 1. The van der Waals surface area contributed by atoms with Crippen LogP contribution in [0.1, 0.15) is 51.8 Å². The predicted octanol–water partition coefficient (Wildman–Crippen LogP) is 6.73. The Hall–Kier alpha value is -3.81. The quantitative estimate of drug-likeness (QED) is 0.323. The number of carbonyl (C=O) groups is 1. The van der Waals surface area contributed by atoms with Crippen LogP contribution in [-0.4, -0.2) is 32.0 Å². The highest BCUT2D eigenvalue weighted by Crippen LogP contribution is 2.33. The molecule has 36 heavy (non-hydrogen) atoms. The van der Waals surface area contributed by atoms with Crippen molar-refractivity contribution in [3.05, 3.63) is 88.2 Å². The van der Waals surface area contributed by atoms with Crippen molar-refractivity contribution in [1.29, 1.82) is 0 Å². The van der Waals surface area contributed by atoms with Gasteiger partial charge in [0.15, 0.2) is 0 Å². The third kappa shape index (κ3) is 4.94. The van der Waals surface area contributed by atoms with Crippen molar-refractivity contribution >= 4 is 16.9 Å². The summed E-state index contributed by atoms with van der Waals surface area (Å²) < 4.78 is 41.9. The number of phenolic OH excluding ortho intramolecular Hbond substituents is 1. The zero-order chi connectivity index (χ0) is 26.2. The first-order chi connectivity index (χ1) is 17.0. The summed E-state index contributed by atoms with van der Waals surface area (Å²) in [6.07, 6.45) is -3.80. The van der Waals surface area contributed by atoms with Gasteiger partial charge in [-0.25, -0.2) is 4.98 Å². The molecule has 0 saturated heterocycles. The maximum Gasteiger partial charge on any atom is 0.416 e. The minimum absolute atomic E-state index is 0.0668. The van der Waals surface area contributed by atoms with Crippen LogP contribution < -0.4 is 0 Å². The molecule has 0 aliphatic carbocycles. The van der Waals surface area contributed by atoms with Gasteiger partial charge in [-0.2, -0.15) is 13.2 Å². The Balaban J connectivity index is 1.84. The average molecular weight is 496 g/mol. The smallest absolute Gasteiger partial charge is 0.416 e. The maximum absolute atomic E-state index is 13.7. The number of aromatic nitrogens is 2. The molecule has 0 unspecified atom stereocenters. The summed E-state index contributed by atoms with van der Waals surface area (Å²) >= 11 is 0. The number of rotatable bonds is 6. The molecule has 0 spiro atoms. The van der Waals surface area contributed by atoms with E-state index in [1.807, 2.05) is 39.8 Å². The molecule has 5 nitrogen and oxygen atoms in total. The van der Waals surface area contributed by atoms with Gasteiger partial charge in [-0.05, 0) is 80.8 Å². The van der Waals surface area contributed by atoms with Crippen LogP contribution in [0.5, 0.6) is 5.75 Å². The summed E-state index contributed by atoms with van der Waals surface area (Å²) in [5.41, 5.74) is 3.94. The number of hydrogen-bond donors (Lipinski definition) is 1. The molecule has 3 aromatic carbocycles. The Morgan fingerprint density at radius 1 is 1.00 bits per heavy atom. The number of aryl methyl sites for hydroxylation is 3. The first kappa shape index (κ1) is 25.3. The van der Waals surface area contributed by atoms with E-state index >= 15 is 0 Å². The molecule has 0 fully saturated rings. The van der Waals surface area contributed by atoms with Crippen LogP contribution in [0.25, 0.3) is 16.7 Å². The molecule has 4 rings (SSSR count). The van der Waals surface area contributed by atoms with Crippen molar-refractivity contribution in [3.63, 3.8) is 0 Å². The Kier molecular flexibility index (Phi) is 6.80. The van der Waals surface area contributed by atoms with E-state index < -0.39 is 11.7 Å². The molecule has 0 saturated carbocycles. The fourth-order valence-corrected chi connectivity index (χ4v) is 4.67. The first-order valence-corrected chi connectivity index (χ1v) is 11.7. The number of carbonyl (C=O) groups excluding carboxylic acids is 1. The molecule has 1 N–H and O–H groups in total. The van der Waals surface area contributed by atoms with Crippen LogP contribution in [0.4, 0.5) is 13.2 Å². The highest BCUT2D eigenvalue weighted by atomic mass is 19.4. The minimum Gasteiger partial charge on any atom is -0.508 e. The lowest BCUT2D eigenvalue weighted by Gasteiger charge is -2.24. The van der Waals surface area contributed by atoms with Gasteiger partial charge in [0.05, 0.1) is 23.1 Å². The van der Waals surface area contributed by atoms with Crippen LogP contribution in [-0.2, 0) is 12.7 Å². The third-order valence-corrected chi connectivity index (χ3v) is 6.16.